The molecule has 0 aliphatic rings. The highest BCUT2D eigenvalue weighted by Crippen LogP contribution is 2.33. The zero-order valence-electron chi connectivity index (χ0n) is 11.1. The van der Waals surface area contributed by atoms with E-state index >= 15 is 0 Å². The van der Waals surface area contributed by atoms with Crippen LogP contribution in [0.3, 0.4) is 0 Å². The molecule has 0 saturated carbocycles. The van der Waals surface area contributed by atoms with E-state index in [0.29, 0.717) is 11.6 Å². The lowest BCUT2D eigenvalue weighted by Crippen LogP contribution is -2.22. The summed E-state index contributed by atoms with van der Waals surface area (Å²) in [5.74, 6) is 0.806. The Morgan fingerprint density at radius 2 is 1.94 bits per heavy atom. The molecule has 0 spiro atoms. The lowest BCUT2D eigenvalue weighted by molar-refractivity contribution is 0.337. The van der Waals surface area contributed by atoms with Gasteiger partial charge in [-0.25, -0.2) is 0 Å². The molecule has 1 rings (SSSR count). The number of nitrogens with two attached hydrogens (primary N) is 1. The van der Waals surface area contributed by atoms with Crippen molar-refractivity contribution in [1.29, 1.82) is 0 Å². The molecular weight excluding hydrogens is 234 g/mol. The summed E-state index contributed by atoms with van der Waals surface area (Å²) in [4.78, 5) is 0. The first kappa shape index (κ1) is 14.3. The third-order valence-electron chi connectivity index (χ3n) is 3.20. The number of benzene rings is 1. The summed E-state index contributed by atoms with van der Waals surface area (Å²) in [5.41, 5.74) is 9.58. The molecule has 0 bridgehead atoms. The number of rotatable bonds is 5. The van der Waals surface area contributed by atoms with Crippen LogP contribution in [0.2, 0.25) is 5.02 Å². The molecule has 0 fully saturated rings. The van der Waals surface area contributed by atoms with Crippen LogP contribution in [0.1, 0.15) is 37.0 Å². The summed E-state index contributed by atoms with van der Waals surface area (Å²) < 4.78 is 5.57. The fourth-order valence-electron chi connectivity index (χ4n) is 1.88. The minimum absolute atomic E-state index is 0.196. The van der Waals surface area contributed by atoms with Gasteiger partial charge in [0.1, 0.15) is 5.75 Å². The van der Waals surface area contributed by atoms with E-state index in [1.54, 1.807) is 0 Å². The molecule has 96 valence electrons. The number of halogens is 1. The molecular formula is C14H22ClNO. The maximum absolute atomic E-state index is 6.25. The number of ether oxygens (including phenoxy) is 1. The van der Waals surface area contributed by atoms with Crippen LogP contribution < -0.4 is 10.5 Å². The molecule has 0 aliphatic carbocycles. The fraction of sp³-hybridized carbons (Fsp3) is 0.571. The Bertz CT molecular complexity index is 390. The second-order valence-electron chi connectivity index (χ2n) is 4.40. The van der Waals surface area contributed by atoms with Crippen LogP contribution in [-0.4, -0.2) is 12.6 Å². The van der Waals surface area contributed by atoms with Crippen LogP contribution >= 0.6 is 11.6 Å². The highest BCUT2D eigenvalue weighted by Gasteiger charge is 2.13. The van der Waals surface area contributed by atoms with Crippen LogP contribution in [0.4, 0.5) is 0 Å². The van der Waals surface area contributed by atoms with Crippen molar-refractivity contribution < 1.29 is 4.74 Å². The molecule has 1 aromatic carbocycles. The van der Waals surface area contributed by atoms with Crippen molar-refractivity contribution in [2.24, 2.45) is 5.73 Å². The standard InChI is InChI=1S/C14H22ClNO/c1-5-12(16)7-11-8-13(15)14(17-6-2)10(4)9(11)3/h8,12H,5-7,16H2,1-4H3. The molecule has 0 aromatic heterocycles. The van der Waals surface area contributed by atoms with Gasteiger partial charge in [-0.1, -0.05) is 18.5 Å². The van der Waals surface area contributed by atoms with Crippen molar-refractivity contribution >= 4 is 11.6 Å². The number of hydrogen-bond donors (Lipinski definition) is 1. The molecule has 0 heterocycles. The molecule has 0 radical (unpaired) electrons. The minimum atomic E-state index is 0.196. The molecule has 0 saturated heterocycles. The van der Waals surface area contributed by atoms with Gasteiger partial charge in [0.05, 0.1) is 11.6 Å². The van der Waals surface area contributed by atoms with Crippen LogP contribution in [0.25, 0.3) is 0 Å². The summed E-state index contributed by atoms with van der Waals surface area (Å²) in [5, 5.41) is 0.688. The van der Waals surface area contributed by atoms with Gasteiger partial charge in [-0.15, -0.1) is 0 Å². The Morgan fingerprint density at radius 3 is 2.47 bits per heavy atom. The maximum atomic E-state index is 6.25. The zero-order chi connectivity index (χ0) is 13.0. The van der Waals surface area contributed by atoms with E-state index in [-0.39, 0.29) is 6.04 Å². The van der Waals surface area contributed by atoms with Gasteiger partial charge in [-0.2, -0.15) is 0 Å². The Morgan fingerprint density at radius 1 is 1.29 bits per heavy atom. The minimum Gasteiger partial charge on any atom is -0.492 e. The zero-order valence-corrected chi connectivity index (χ0v) is 11.9. The summed E-state index contributed by atoms with van der Waals surface area (Å²) >= 11 is 6.25. The summed E-state index contributed by atoms with van der Waals surface area (Å²) in [6, 6.07) is 2.19. The van der Waals surface area contributed by atoms with Crippen molar-refractivity contribution in [2.75, 3.05) is 6.61 Å². The van der Waals surface area contributed by atoms with Crippen molar-refractivity contribution in [2.45, 2.75) is 46.6 Å². The average molecular weight is 256 g/mol. The molecule has 2 N–H and O–H groups in total. The van der Waals surface area contributed by atoms with Crippen LogP contribution in [0.15, 0.2) is 6.07 Å². The average Bonchev–Trinajstić information content (AvgIpc) is 2.31. The van der Waals surface area contributed by atoms with Crippen LogP contribution in [0, 0.1) is 13.8 Å². The van der Waals surface area contributed by atoms with Crippen molar-refractivity contribution in [3.8, 4) is 5.75 Å². The van der Waals surface area contributed by atoms with E-state index in [1.165, 1.54) is 11.1 Å². The SMILES string of the molecule is CCOc1c(Cl)cc(CC(N)CC)c(C)c1C. The van der Waals surface area contributed by atoms with Gasteiger partial charge >= 0.3 is 0 Å². The first-order valence-electron chi connectivity index (χ1n) is 6.18. The Kier molecular flexibility index (Phi) is 5.29. The molecule has 0 aliphatic heterocycles. The second-order valence-corrected chi connectivity index (χ2v) is 4.81. The number of hydrogen-bond acceptors (Lipinski definition) is 2. The Hall–Kier alpha value is -0.730. The van der Waals surface area contributed by atoms with Gasteiger partial charge in [0.25, 0.3) is 0 Å². The van der Waals surface area contributed by atoms with E-state index < -0.39 is 0 Å². The third-order valence-corrected chi connectivity index (χ3v) is 3.48. The smallest absolute Gasteiger partial charge is 0.141 e. The fourth-order valence-corrected chi connectivity index (χ4v) is 2.21. The van der Waals surface area contributed by atoms with Gasteiger partial charge in [0.15, 0.2) is 0 Å². The van der Waals surface area contributed by atoms with Crippen LogP contribution in [0.5, 0.6) is 5.75 Å². The molecule has 2 nitrogen and oxygen atoms in total. The van der Waals surface area contributed by atoms with Crippen LogP contribution in [-0.2, 0) is 6.42 Å². The maximum Gasteiger partial charge on any atom is 0.141 e. The molecule has 1 aromatic rings. The Labute approximate surface area is 109 Å². The molecule has 1 unspecified atom stereocenters. The van der Waals surface area contributed by atoms with Gasteiger partial charge in [0, 0.05) is 6.04 Å². The lowest BCUT2D eigenvalue weighted by Gasteiger charge is -2.17. The van der Waals surface area contributed by atoms with Gasteiger partial charge < -0.3 is 10.5 Å². The van der Waals surface area contributed by atoms with E-state index in [0.717, 1.165) is 24.2 Å². The summed E-state index contributed by atoms with van der Waals surface area (Å²) in [6.07, 6.45) is 1.85. The monoisotopic (exact) mass is 255 g/mol. The lowest BCUT2D eigenvalue weighted by atomic mass is 9.96. The molecule has 3 heteroatoms. The van der Waals surface area contributed by atoms with Gasteiger partial charge in [-0.05, 0) is 56.4 Å². The van der Waals surface area contributed by atoms with Crippen molar-refractivity contribution in [1.82, 2.24) is 0 Å². The van der Waals surface area contributed by atoms with E-state index in [9.17, 15) is 0 Å². The molecule has 0 amide bonds. The van der Waals surface area contributed by atoms with Crippen molar-refractivity contribution in [3.63, 3.8) is 0 Å². The topological polar surface area (TPSA) is 35.2 Å². The van der Waals surface area contributed by atoms with E-state index in [2.05, 4.69) is 13.8 Å². The highest BCUT2D eigenvalue weighted by atomic mass is 35.5. The van der Waals surface area contributed by atoms with E-state index in [4.69, 9.17) is 22.1 Å². The normalized spacial score (nSPS) is 12.6. The predicted octanol–water partition coefficient (Wildman–Crippen LogP) is 3.64. The molecule has 1 atom stereocenters. The van der Waals surface area contributed by atoms with Crippen molar-refractivity contribution in [3.05, 3.63) is 27.8 Å². The highest BCUT2D eigenvalue weighted by molar-refractivity contribution is 6.32. The first-order valence-corrected chi connectivity index (χ1v) is 6.55. The quantitative estimate of drug-likeness (QED) is 0.872. The van der Waals surface area contributed by atoms with Gasteiger partial charge in [0.2, 0.25) is 0 Å². The summed E-state index contributed by atoms with van der Waals surface area (Å²) in [6.45, 7) is 8.85. The third kappa shape index (κ3) is 3.36. The molecule has 17 heavy (non-hydrogen) atoms. The Balaban J connectivity index is 3.10. The second kappa shape index (κ2) is 6.27. The predicted molar refractivity (Wildman–Crippen MR) is 74.1 cm³/mol. The van der Waals surface area contributed by atoms with Gasteiger partial charge in [-0.3, -0.25) is 0 Å². The first-order chi connectivity index (χ1) is 8.01. The largest absolute Gasteiger partial charge is 0.492 e. The van der Waals surface area contributed by atoms with E-state index in [1.807, 2.05) is 19.9 Å². The summed E-state index contributed by atoms with van der Waals surface area (Å²) in [7, 11) is 0.